The summed E-state index contributed by atoms with van der Waals surface area (Å²) in [6, 6.07) is 17.0. The van der Waals surface area contributed by atoms with Crippen LogP contribution in [0.15, 0.2) is 73.3 Å². The molecule has 178 valence electrons. The lowest BCUT2D eigenvalue weighted by Crippen LogP contribution is -2.28. The van der Waals surface area contributed by atoms with Crippen molar-refractivity contribution in [3.05, 3.63) is 84.4 Å². The highest BCUT2D eigenvalue weighted by Crippen LogP contribution is 2.37. The molecule has 11 heteroatoms. The van der Waals surface area contributed by atoms with Crippen LogP contribution in [0, 0.1) is 0 Å². The Labute approximate surface area is 203 Å². The highest BCUT2D eigenvalue weighted by atomic mass is 35.5. The van der Waals surface area contributed by atoms with Crippen molar-refractivity contribution in [3.8, 4) is 0 Å². The SMILES string of the molecule is O=C(Nc1ncnc2c1ncn2[C@H]1O[C@H](COC(=O)c2ccccc2)[C@@H](F)[C@H]1Cl)c1ccccc1. The molecule has 0 radical (unpaired) electrons. The maximum absolute atomic E-state index is 14.9. The monoisotopic (exact) mass is 495 g/mol. The van der Waals surface area contributed by atoms with Gasteiger partial charge in [0.05, 0.1) is 11.9 Å². The van der Waals surface area contributed by atoms with Crippen LogP contribution in [0.1, 0.15) is 26.9 Å². The largest absolute Gasteiger partial charge is 0.459 e. The molecule has 1 N–H and O–H groups in total. The average Bonchev–Trinajstić information content (AvgIpc) is 3.45. The van der Waals surface area contributed by atoms with E-state index in [0.29, 0.717) is 22.3 Å². The van der Waals surface area contributed by atoms with Gasteiger partial charge in [0.1, 0.15) is 24.4 Å². The first-order chi connectivity index (χ1) is 17.0. The second-order valence-electron chi connectivity index (χ2n) is 7.78. The smallest absolute Gasteiger partial charge is 0.338 e. The first kappa shape index (κ1) is 22.9. The fraction of sp³-hybridized carbons (Fsp3) is 0.208. The third-order valence-electron chi connectivity index (χ3n) is 5.54. The number of amides is 1. The van der Waals surface area contributed by atoms with Gasteiger partial charge in [0.25, 0.3) is 5.91 Å². The zero-order chi connectivity index (χ0) is 24.4. The number of rotatable bonds is 6. The number of nitrogens with zero attached hydrogens (tertiary/aromatic N) is 4. The lowest BCUT2D eigenvalue weighted by molar-refractivity contribution is -0.0410. The number of alkyl halides is 2. The minimum atomic E-state index is -1.61. The number of aromatic nitrogens is 4. The fourth-order valence-electron chi connectivity index (χ4n) is 3.76. The number of halogens is 2. The number of imidazole rings is 1. The number of esters is 1. The minimum Gasteiger partial charge on any atom is -0.459 e. The molecule has 0 spiro atoms. The third-order valence-corrected chi connectivity index (χ3v) is 5.99. The van der Waals surface area contributed by atoms with Gasteiger partial charge in [-0.25, -0.2) is 24.1 Å². The van der Waals surface area contributed by atoms with E-state index in [4.69, 9.17) is 21.1 Å². The summed E-state index contributed by atoms with van der Waals surface area (Å²) in [6.07, 6.45) is -1.01. The zero-order valence-corrected chi connectivity index (χ0v) is 18.9. The van der Waals surface area contributed by atoms with Gasteiger partial charge in [-0.3, -0.25) is 9.36 Å². The Bertz CT molecular complexity index is 1350. The van der Waals surface area contributed by atoms with Crippen LogP contribution in [0.3, 0.4) is 0 Å². The highest BCUT2D eigenvalue weighted by molar-refractivity contribution is 6.21. The fourth-order valence-corrected chi connectivity index (χ4v) is 4.10. The lowest BCUT2D eigenvalue weighted by Gasteiger charge is -2.16. The molecule has 0 bridgehead atoms. The summed E-state index contributed by atoms with van der Waals surface area (Å²) >= 11 is 6.35. The molecule has 1 amide bonds. The summed E-state index contributed by atoms with van der Waals surface area (Å²) in [5.41, 5.74) is 1.39. The second kappa shape index (κ2) is 9.77. The van der Waals surface area contributed by atoms with Crippen molar-refractivity contribution in [2.24, 2.45) is 0 Å². The molecule has 1 aliphatic rings. The summed E-state index contributed by atoms with van der Waals surface area (Å²) in [4.78, 5) is 37.4. The molecule has 2 aromatic carbocycles. The molecule has 0 aliphatic carbocycles. The second-order valence-corrected chi connectivity index (χ2v) is 8.29. The zero-order valence-electron chi connectivity index (χ0n) is 18.1. The van der Waals surface area contributed by atoms with Crippen molar-refractivity contribution in [1.82, 2.24) is 19.5 Å². The van der Waals surface area contributed by atoms with Crippen LogP contribution < -0.4 is 5.32 Å². The number of nitrogens with one attached hydrogen (secondary N) is 1. The Morgan fingerprint density at radius 1 is 1.03 bits per heavy atom. The van der Waals surface area contributed by atoms with E-state index in [1.165, 1.54) is 17.2 Å². The predicted octanol–water partition coefficient (Wildman–Crippen LogP) is 3.78. The van der Waals surface area contributed by atoms with E-state index >= 15 is 0 Å². The summed E-state index contributed by atoms with van der Waals surface area (Å²) in [6.45, 7) is -0.311. The van der Waals surface area contributed by atoms with Gasteiger partial charge in [-0.1, -0.05) is 36.4 Å². The lowest BCUT2D eigenvalue weighted by atomic mass is 10.2. The summed E-state index contributed by atoms with van der Waals surface area (Å²) < 4.78 is 27.4. The Balaban J connectivity index is 1.32. The number of anilines is 1. The van der Waals surface area contributed by atoms with Gasteiger partial charge in [-0.15, -0.1) is 11.6 Å². The molecular formula is C24H19ClFN5O4. The number of ether oxygens (including phenoxy) is 2. The number of carbonyl (C=O) groups excluding carboxylic acids is 2. The standard InChI is InChI=1S/C24H19ClFN5O4/c25-17-18(26)16(11-34-24(33)15-9-5-2-6-10-15)35-23(17)31-13-29-19-20(27-12-28-21(19)31)30-22(32)14-7-3-1-4-8-14/h1-10,12-13,16-18,23H,11H2,(H,27,28,30,32)/t16-,17-,18-,23+/m1/s1. The maximum Gasteiger partial charge on any atom is 0.338 e. The van der Waals surface area contributed by atoms with Gasteiger partial charge in [-0.05, 0) is 24.3 Å². The van der Waals surface area contributed by atoms with Gasteiger partial charge < -0.3 is 14.8 Å². The van der Waals surface area contributed by atoms with Crippen molar-refractivity contribution in [2.75, 3.05) is 11.9 Å². The number of benzene rings is 2. The van der Waals surface area contributed by atoms with Gasteiger partial charge in [0, 0.05) is 5.56 Å². The number of fused-ring (bicyclic) bond motifs is 1. The number of hydrogen-bond acceptors (Lipinski definition) is 7. The molecule has 1 aliphatic heterocycles. The molecule has 3 heterocycles. The van der Waals surface area contributed by atoms with E-state index in [2.05, 4.69) is 20.3 Å². The summed E-state index contributed by atoms with van der Waals surface area (Å²) in [5, 5.41) is 1.62. The Kier molecular flexibility index (Phi) is 6.39. The van der Waals surface area contributed by atoms with Gasteiger partial charge in [-0.2, -0.15) is 0 Å². The van der Waals surface area contributed by atoms with Crippen molar-refractivity contribution in [3.63, 3.8) is 0 Å². The number of hydrogen-bond donors (Lipinski definition) is 1. The molecule has 0 saturated carbocycles. The summed E-state index contributed by atoms with van der Waals surface area (Å²) in [5.74, 6) is -0.760. The van der Waals surface area contributed by atoms with Crippen LogP contribution in [0.25, 0.3) is 11.2 Å². The maximum atomic E-state index is 14.9. The van der Waals surface area contributed by atoms with Crippen molar-refractivity contribution >= 4 is 40.5 Å². The van der Waals surface area contributed by atoms with Crippen LogP contribution in [-0.2, 0) is 9.47 Å². The molecule has 2 aromatic heterocycles. The minimum absolute atomic E-state index is 0.192. The van der Waals surface area contributed by atoms with E-state index in [0.717, 1.165) is 0 Å². The van der Waals surface area contributed by atoms with E-state index < -0.39 is 29.8 Å². The molecule has 1 fully saturated rings. The molecule has 0 unspecified atom stereocenters. The molecule has 35 heavy (non-hydrogen) atoms. The topological polar surface area (TPSA) is 108 Å². The first-order valence-electron chi connectivity index (χ1n) is 10.7. The molecular weight excluding hydrogens is 477 g/mol. The molecule has 1 saturated heterocycles. The third kappa shape index (κ3) is 4.58. The van der Waals surface area contributed by atoms with Gasteiger partial charge >= 0.3 is 5.97 Å². The van der Waals surface area contributed by atoms with Crippen molar-refractivity contribution < 1.29 is 23.5 Å². The predicted molar refractivity (Wildman–Crippen MR) is 125 cm³/mol. The van der Waals surface area contributed by atoms with E-state index in [1.807, 2.05) is 0 Å². The van der Waals surface area contributed by atoms with E-state index in [-0.39, 0.29) is 18.3 Å². The van der Waals surface area contributed by atoms with Crippen LogP contribution in [0.4, 0.5) is 10.2 Å². The number of carbonyl (C=O) groups is 2. The van der Waals surface area contributed by atoms with E-state index in [1.54, 1.807) is 60.7 Å². The average molecular weight is 496 g/mol. The first-order valence-corrected chi connectivity index (χ1v) is 11.2. The van der Waals surface area contributed by atoms with Crippen LogP contribution in [-0.4, -0.2) is 55.7 Å². The van der Waals surface area contributed by atoms with Crippen molar-refractivity contribution in [1.29, 1.82) is 0 Å². The molecule has 5 rings (SSSR count). The normalized spacial score (nSPS) is 21.7. The molecule has 4 aromatic rings. The van der Waals surface area contributed by atoms with Crippen LogP contribution >= 0.6 is 11.6 Å². The summed E-state index contributed by atoms with van der Waals surface area (Å²) in [7, 11) is 0. The van der Waals surface area contributed by atoms with Crippen molar-refractivity contribution in [2.45, 2.75) is 23.9 Å². The van der Waals surface area contributed by atoms with Gasteiger partial charge in [0.2, 0.25) is 0 Å². The molecule has 9 nitrogen and oxygen atoms in total. The molecule has 4 atom stereocenters. The highest BCUT2D eigenvalue weighted by Gasteiger charge is 2.46. The quantitative estimate of drug-likeness (QED) is 0.320. The van der Waals surface area contributed by atoms with E-state index in [9.17, 15) is 14.0 Å². The Hall–Kier alpha value is -3.89. The van der Waals surface area contributed by atoms with Crippen LogP contribution in [0.5, 0.6) is 0 Å². The van der Waals surface area contributed by atoms with Crippen LogP contribution in [0.2, 0.25) is 0 Å². The Morgan fingerprint density at radius 3 is 2.43 bits per heavy atom. The van der Waals surface area contributed by atoms with Gasteiger partial charge in [0.15, 0.2) is 29.4 Å². The Morgan fingerprint density at radius 2 is 1.71 bits per heavy atom.